The average molecular weight is 487 g/mol. The van der Waals surface area contributed by atoms with Crippen molar-refractivity contribution < 1.29 is 25.8 Å². The molecule has 0 N–H and O–H groups in total. The van der Waals surface area contributed by atoms with Gasteiger partial charge in [0, 0.05) is 25.8 Å². The third-order valence-electron chi connectivity index (χ3n) is 4.61. The van der Waals surface area contributed by atoms with E-state index < -0.39 is 0 Å². The van der Waals surface area contributed by atoms with Crippen molar-refractivity contribution in [1.29, 1.82) is 0 Å². The molecule has 2 aromatic carbocycles. The van der Waals surface area contributed by atoms with Crippen LogP contribution in [0.15, 0.2) is 36.4 Å². The maximum Gasteiger partial charge on any atom is 0 e. The summed E-state index contributed by atoms with van der Waals surface area (Å²) in [5, 5.41) is 0. The van der Waals surface area contributed by atoms with E-state index in [0.717, 1.165) is 6.42 Å². The second-order valence-electron chi connectivity index (χ2n) is 8.42. The van der Waals surface area contributed by atoms with Crippen molar-refractivity contribution in [3.05, 3.63) is 73.5 Å². The van der Waals surface area contributed by atoms with E-state index in [1.54, 1.807) is 0 Å². The van der Waals surface area contributed by atoms with E-state index in [1.807, 2.05) is 0 Å². The molecule has 3 rings (SSSR count). The first-order valence-electron chi connectivity index (χ1n) is 7.93. The number of hydrogen-bond donors (Lipinski definition) is 0. The molecule has 1 heteroatoms. The van der Waals surface area contributed by atoms with Crippen molar-refractivity contribution in [3.8, 4) is 11.1 Å². The Balaban J connectivity index is 0.00000176. The molecule has 0 radical (unpaired) electrons. The normalized spacial score (nSPS) is 12.2. The Morgan fingerprint density at radius 2 is 0.958 bits per heavy atom. The molecule has 0 aliphatic heterocycles. The molecule has 0 saturated carbocycles. The molecule has 0 unspecified atom stereocenters. The van der Waals surface area contributed by atoms with Crippen molar-refractivity contribution in [2.45, 2.75) is 58.8 Å². The zero-order chi connectivity index (χ0) is 15.4. The van der Waals surface area contributed by atoms with Gasteiger partial charge in [0.1, 0.15) is 0 Å². The summed E-state index contributed by atoms with van der Waals surface area (Å²) in [6.45, 7) is 13.7. The van der Waals surface area contributed by atoms with E-state index in [4.69, 9.17) is 0 Å². The fourth-order valence-electron chi connectivity index (χ4n) is 3.14. The minimum atomic E-state index is 0. The molecule has 1 aliphatic carbocycles. The van der Waals surface area contributed by atoms with Crippen LogP contribution in [0.3, 0.4) is 0 Å². The van der Waals surface area contributed by atoms with Gasteiger partial charge in [-0.1, -0.05) is 77.9 Å². The van der Waals surface area contributed by atoms with Gasteiger partial charge in [0.15, 0.2) is 0 Å². The number of fused-ring (bicyclic) bond motifs is 3. The Kier molecular flexibility index (Phi) is 7.46. The summed E-state index contributed by atoms with van der Waals surface area (Å²) in [6.07, 6.45) is 1.08. The monoisotopic (exact) mass is 488 g/mol. The maximum atomic E-state index is 2.41. The fraction of sp³-hybridized carbons (Fsp3) is 0.391. The van der Waals surface area contributed by atoms with Crippen LogP contribution in [-0.4, -0.2) is 0 Å². The van der Waals surface area contributed by atoms with Gasteiger partial charge >= 0.3 is 0 Å². The quantitative estimate of drug-likeness (QED) is 0.243. The Morgan fingerprint density at radius 3 is 1.25 bits per heavy atom. The SMILES string of the molecule is CC(C)(C)c1ccc2c(c1)Cc1cc(C(C)(C)C)ccc1-2.[CH3-].[CH3-].[Hf]. The summed E-state index contributed by atoms with van der Waals surface area (Å²) in [4.78, 5) is 0. The van der Waals surface area contributed by atoms with Gasteiger partial charge in [-0.25, -0.2) is 0 Å². The second kappa shape index (κ2) is 7.68. The molecule has 0 amide bonds. The predicted molar refractivity (Wildman–Crippen MR) is 105 cm³/mol. The molecule has 0 fully saturated rings. The molecule has 1 aliphatic rings. The van der Waals surface area contributed by atoms with E-state index in [1.165, 1.54) is 33.4 Å². The summed E-state index contributed by atoms with van der Waals surface area (Å²) in [7, 11) is 0. The van der Waals surface area contributed by atoms with Crippen LogP contribution in [0.5, 0.6) is 0 Å². The minimum absolute atomic E-state index is 0. The van der Waals surface area contributed by atoms with Gasteiger partial charge in [-0.15, -0.1) is 0 Å². The number of benzene rings is 2. The van der Waals surface area contributed by atoms with Crippen molar-refractivity contribution in [3.63, 3.8) is 0 Å². The van der Waals surface area contributed by atoms with Crippen LogP contribution in [0.4, 0.5) is 0 Å². The average Bonchev–Trinajstić information content (AvgIpc) is 2.73. The summed E-state index contributed by atoms with van der Waals surface area (Å²) in [5.74, 6) is 0. The van der Waals surface area contributed by atoms with Crippen LogP contribution in [0.25, 0.3) is 11.1 Å². The Morgan fingerprint density at radius 1 is 0.625 bits per heavy atom. The van der Waals surface area contributed by atoms with Crippen molar-refractivity contribution in [1.82, 2.24) is 0 Å². The van der Waals surface area contributed by atoms with Gasteiger partial charge in [0.25, 0.3) is 0 Å². The predicted octanol–water partition coefficient (Wildman–Crippen LogP) is 6.75. The van der Waals surface area contributed by atoms with E-state index in [0.29, 0.717) is 0 Å². The standard InChI is InChI=1S/C21H26.2CH3.Hf/c1-20(2,3)16-7-9-18-14(12-16)11-15-13-17(21(4,5)6)8-10-19(15)18;;;/h7-10,12-13H,11H2,1-6H3;2*1H3;/q;2*-1;. The molecule has 130 valence electrons. The Bertz CT molecular complexity index is 635. The number of rotatable bonds is 0. The van der Waals surface area contributed by atoms with Crippen LogP contribution in [0, 0.1) is 14.9 Å². The Hall–Kier alpha value is -0.690. The van der Waals surface area contributed by atoms with E-state index >= 15 is 0 Å². The first-order chi connectivity index (χ1) is 9.66. The largest absolute Gasteiger partial charge is 0.358 e. The van der Waals surface area contributed by atoms with Crippen LogP contribution in [0.1, 0.15) is 63.8 Å². The van der Waals surface area contributed by atoms with Gasteiger partial charge in [-0.05, 0) is 50.6 Å². The second-order valence-corrected chi connectivity index (χ2v) is 8.42. The molecule has 0 spiro atoms. The molecule has 2 aromatic rings. The molecule has 0 saturated heterocycles. The number of hydrogen-bond acceptors (Lipinski definition) is 0. The van der Waals surface area contributed by atoms with Gasteiger partial charge in [-0.2, -0.15) is 0 Å². The topological polar surface area (TPSA) is 0 Å². The van der Waals surface area contributed by atoms with E-state index in [9.17, 15) is 0 Å². The molecule has 24 heavy (non-hydrogen) atoms. The van der Waals surface area contributed by atoms with Crippen molar-refractivity contribution >= 4 is 0 Å². The molecule has 0 nitrogen and oxygen atoms in total. The summed E-state index contributed by atoms with van der Waals surface area (Å²) in [5.41, 5.74) is 9.15. The smallest absolute Gasteiger partial charge is 0 e. The van der Waals surface area contributed by atoms with Crippen molar-refractivity contribution in [2.75, 3.05) is 0 Å². The molecule has 0 aromatic heterocycles. The summed E-state index contributed by atoms with van der Waals surface area (Å²) in [6, 6.07) is 14.0. The summed E-state index contributed by atoms with van der Waals surface area (Å²) < 4.78 is 0. The van der Waals surface area contributed by atoms with Crippen LogP contribution in [-0.2, 0) is 43.1 Å². The molecular formula is C23H32Hf-2. The minimum Gasteiger partial charge on any atom is -0.358 e. The van der Waals surface area contributed by atoms with Gasteiger partial charge in [-0.3, -0.25) is 0 Å². The van der Waals surface area contributed by atoms with E-state index in [-0.39, 0.29) is 51.5 Å². The van der Waals surface area contributed by atoms with Crippen LogP contribution >= 0.6 is 0 Å². The zero-order valence-corrected chi connectivity index (χ0v) is 20.3. The third-order valence-corrected chi connectivity index (χ3v) is 4.61. The van der Waals surface area contributed by atoms with Gasteiger partial charge in [0.2, 0.25) is 0 Å². The first-order valence-corrected chi connectivity index (χ1v) is 7.93. The Labute approximate surface area is 168 Å². The molecular weight excluding hydrogens is 455 g/mol. The maximum absolute atomic E-state index is 2.41. The van der Waals surface area contributed by atoms with E-state index in [2.05, 4.69) is 77.9 Å². The first kappa shape index (κ1) is 23.3. The third kappa shape index (κ3) is 4.28. The fourth-order valence-corrected chi connectivity index (χ4v) is 3.14. The molecule has 0 atom stereocenters. The van der Waals surface area contributed by atoms with Gasteiger partial charge < -0.3 is 14.9 Å². The van der Waals surface area contributed by atoms with Crippen LogP contribution in [0.2, 0.25) is 0 Å². The molecule has 0 bridgehead atoms. The molecule has 0 heterocycles. The van der Waals surface area contributed by atoms with Crippen molar-refractivity contribution in [2.24, 2.45) is 0 Å². The van der Waals surface area contributed by atoms with Gasteiger partial charge in [0.05, 0.1) is 0 Å². The zero-order valence-electron chi connectivity index (χ0n) is 16.7. The summed E-state index contributed by atoms with van der Waals surface area (Å²) >= 11 is 0. The van der Waals surface area contributed by atoms with Crippen LogP contribution < -0.4 is 0 Å².